The van der Waals surface area contributed by atoms with Gasteiger partial charge in [0.2, 0.25) is 0 Å². The fourth-order valence-electron chi connectivity index (χ4n) is 2.19. The fourth-order valence-corrected chi connectivity index (χ4v) is 2.19. The van der Waals surface area contributed by atoms with Crippen LogP contribution in [0, 0.1) is 5.82 Å². The Labute approximate surface area is 77.8 Å². The van der Waals surface area contributed by atoms with Crippen LogP contribution in [0.25, 0.3) is 0 Å². The molecule has 1 aliphatic carbocycles. The maximum Gasteiger partial charge on any atom is 0.123 e. The Morgan fingerprint density at radius 2 is 2.23 bits per heavy atom. The van der Waals surface area contributed by atoms with Crippen LogP contribution in [0.5, 0.6) is 0 Å². The van der Waals surface area contributed by atoms with Crippen molar-refractivity contribution in [2.24, 2.45) is 5.73 Å². The van der Waals surface area contributed by atoms with Crippen molar-refractivity contribution in [3.05, 3.63) is 35.1 Å². The van der Waals surface area contributed by atoms with Crippen molar-refractivity contribution in [1.29, 1.82) is 0 Å². The minimum absolute atomic E-state index is 0.0376. The molecule has 1 aromatic rings. The summed E-state index contributed by atoms with van der Waals surface area (Å²) in [5.41, 5.74) is 8.17. The third-order valence-electron chi connectivity index (χ3n) is 2.92. The van der Waals surface area contributed by atoms with Crippen LogP contribution in [0.4, 0.5) is 4.39 Å². The third-order valence-corrected chi connectivity index (χ3v) is 2.92. The molecule has 2 heteroatoms. The summed E-state index contributed by atoms with van der Waals surface area (Å²) >= 11 is 0. The lowest BCUT2D eigenvalue weighted by Crippen LogP contribution is -2.05. The Morgan fingerprint density at radius 1 is 1.46 bits per heavy atom. The Bertz CT molecular complexity index is 322. The van der Waals surface area contributed by atoms with Crippen molar-refractivity contribution in [3.8, 4) is 0 Å². The van der Waals surface area contributed by atoms with Crippen molar-refractivity contribution in [1.82, 2.24) is 0 Å². The standard InChI is InChI=1S/C11H14FN/c1-2-7-5-11(13)10-6-8(12)3-4-9(7)10/h3-4,6-7,11H,2,5,13H2,1H3. The highest BCUT2D eigenvalue weighted by molar-refractivity contribution is 5.38. The molecule has 0 heterocycles. The number of benzene rings is 1. The molecule has 0 aliphatic heterocycles. The van der Waals surface area contributed by atoms with Crippen LogP contribution >= 0.6 is 0 Å². The molecule has 70 valence electrons. The molecule has 1 nitrogen and oxygen atoms in total. The Morgan fingerprint density at radius 3 is 2.92 bits per heavy atom. The van der Waals surface area contributed by atoms with Crippen LogP contribution in [0.1, 0.15) is 42.9 Å². The number of halogens is 1. The van der Waals surface area contributed by atoms with Gasteiger partial charge in [0, 0.05) is 6.04 Å². The molecular formula is C11H14FN. The van der Waals surface area contributed by atoms with E-state index >= 15 is 0 Å². The van der Waals surface area contributed by atoms with E-state index in [0.717, 1.165) is 18.4 Å². The molecular weight excluding hydrogens is 165 g/mol. The van der Waals surface area contributed by atoms with Crippen LogP contribution in [0.15, 0.2) is 18.2 Å². The maximum absolute atomic E-state index is 12.9. The zero-order chi connectivity index (χ0) is 9.42. The molecule has 0 spiro atoms. The van der Waals surface area contributed by atoms with E-state index in [1.165, 1.54) is 11.6 Å². The minimum atomic E-state index is -0.175. The zero-order valence-corrected chi connectivity index (χ0v) is 7.76. The summed E-state index contributed by atoms with van der Waals surface area (Å²) in [6.07, 6.45) is 2.06. The average molecular weight is 179 g/mol. The van der Waals surface area contributed by atoms with Crippen molar-refractivity contribution < 1.29 is 4.39 Å². The summed E-state index contributed by atoms with van der Waals surface area (Å²) in [4.78, 5) is 0. The molecule has 0 aromatic heterocycles. The molecule has 2 unspecified atom stereocenters. The van der Waals surface area contributed by atoms with Crippen molar-refractivity contribution >= 4 is 0 Å². The van der Waals surface area contributed by atoms with Crippen LogP contribution < -0.4 is 5.73 Å². The number of fused-ring (bicyclic) bond motifs is 1. The van der Waals surface area contributed by atoms with Gasteiger partial charge in [0.05, 0.1) is 0 Å². The molecule has 2 N–H and O–H groups in total. The highest BCUT2D eigenvalue weighted by Crippen LogP contribution is 2.40. The van der Waals surface area contributed by atoms with Gasteiger partial charge in [-0.15, -0.1) is 0 Å². The van der Waals surface area contributed by atoms with Gasteiger partial charge < -0.3 is 5.73 Å². The second-order valence-electron chi connectivity index (χ2n) is 3.72. The molecule has 0 bridgehead atoms. The van der Waals surface area contributed by atoms with Crippen LogP contribution in [-0.4, -0.2) is 0 Å². The predicted octanol–water partition coefficient (Wildman–Crippen LogP) is 2.72. The monoisotopic (exact) mass is 179 g/mol. The maximum atomic E-state index is 12.9. The van der Waals surface area contributed by atoms with Crippen molar-refractivity contribution in [2.45, 2.75) is 31.7 Å². The molecule has 2 atom stereocenters. The summed E-state index contributed by atoms with van der Waals surface area (Å²) in [5, 5.41) is 0. The Balaban J connectivity index is 2.46. The number of hydrogen-bond donors (Lipinski definition) is 1. The lowest BCUT2D eigenvalue weighted by Gasteiger charge is -2.06. The van der Waals surface area contributed by atoms with E-state index < -0.39 is 0 Å². The average Bonchev–Trinajstić information content (AvgIpc) is 2.43. The van der Waals surface area contributed by atoms with E-state index in [1.807, 2.05) is 6.07 Å². The highest BCUT2D eigenvalue weighted by atomic mass is 19.1. The van der Waals surface area contributed by atoms with E-state index in [0.29, 0.717) is 5.92 Å². The SMILES string of the molecule is CCC1CC(N)c2cc(F)ccc21. The number of nitrogens with two attached hydrogens (primary N) is 1. The van der Waals surface area contributed by atoms with Gasteiger partial charge in [-0.3, -0.25) is 0 Å². The van der Waals surface area contributed by atoms with E-state index in [4.69, 9.17) is 5.73 Å². The Kier molecular flexibility index (Phi) is 2.08. The third kappa shape index (κ3) is 1.35. The van der Waals surface area contributed by atoms with Crippen molar-refractivity contribution in [2.75, 3.05) is 0 Å². The first kappa shape index (κ1) is 8.70. The van der Waals surface area contributed by atoms with Gasteiger partial charge in [-0.25, -0.2) is 4.39 Å². The lowest BCUT2D eigenvalue weighted by atomic mass is 9.99. The number of rotatable bonds is 1. The fraction of sp³-hybridized carbons (Fsp3) is 0.455. The molecule has 0 amide bonds. The van der Waals surface area contributed by atoms with Gasteiger partial charge in [-0.1, -0.05) is 13.0 Å². The summed E-state index contributed by atoms with van der Waals surface area (Å²) < 4.78 is 12.9. The van der Waals surface area contributed by atoms with Crippen molar-refractivity contribution in [3.63, 3.8) is 0 Å². The summed E-state index contributed by atoms with van der Waals surface area (Å²) in [7, 11) is 0. The highest BCUT2D eigenvalue weighted by Gasteiger charge is 2.27. The molecule has 0 fully saturated rings. The topological polar surface area (TPSA) is 26.0 Å². The summed E-state index contributed by atoms with van der Waals surface area (Å²) in [5.74, 6) is 0.358. The second-order valence-corrected chi connectivity index (χ2v) is 3.72. The van der Waals surface area contributed by atoms with Gasteiger partial charge in [0.1, 0.15) is 5.82 Å². The van der Waals surface area contributed by atoms with Crippen LogP contribution in [0.3, 0.4) is 0 Å². The molecule has 0 radical (unpaired) electrons. The summed E-state index contributed by atoms with van der Waals surface area (Å²) in [6.45, 7) is 2.15. The first-order valence-electron chi connectivity index (χ1n) is 4.77. The van der Waals surface area contributed by atoms with Crippen LogP contribution in [-0.2, 0) is 0 Å². The summed E-state index contributed by atoms with van der Waals surface area (Å²) in [6, 6.07) is 5.02. The van der Waals surface area contributed by atoms with Gasteiger partial charge in [-0.05, 0) is 42.0 Å². The number of hydrogen-bond acceptors (Lipinski definition) is 1. The zero-order valence-electron chi connectivity index (χ0n) is 7.76. The minimum Gasteiger partial charge on any atom is -0.324 e. The quantitative estimate of drug-likeness (QED) is 0.704. The van der Waals surface area contributed by atoms with E-state index in [1.54, 1.807) is 6.07 Å². The molecule has 0 saturated heterocycles. The first-order chi connectivity index (χ1) is 6.22. The molecule has 1 aliphatic rings. The Hall–Kier alpha value is -0.890. The normalized spacial score (nSPS) is 26.1. The largest absolute Gasteiger partial charge is 0.324 e. The first-order valence-corrected chi connectivity index (χ1v) is 4.77. The molecule has 0 saturated carbocycles. The molecule has 2 rings (SSSR count). The molecule has 13 heavy (non-hydrogen) atoms. The van der Waals surface area contributed by atoms with E-state index in [9.17, 15) is 4.39 Å². The van der Waals surface area contributed by atoms with E-state index in [2.05, 4.69) is 6.92 Å². The van der Waals surface area contributed by atoms with Gasteiger partial charge >= 0.3 is 0 Å². The van der Waals surface area contributed by atoms with Gasteiger partial charge in [0.15, 0.2) is 0 Å². The molecule has 1 aromatic carbocycles. The second kappa shape index (κ2) is 3.11. The lowest BCUT2D eigenvalue weighted by molar-refractivity contribution is 0.588. The predicted molar refractivity (Wildman–Crippen MR) is 51.0 cm³/mol. The smallest absolute Gasteiger partial charge is 0.123 e. The van der Waals surface area contributed by atoms with Gasteiger partial charge in [0.25, 0.3) is 0 Å². The van der Waals surface area contributed by atoms with E-state index in [-0.39, 0.29) is 11.9 Å². The van der Waals surface area contributed by atoms with Gasteiger partial charge in [-0.2, -0.15) is 0 Å². The van der Waals surface area contributed by atoms with Crippen LogP contribution in [0.2, 0.25) is 0 Å².